The highest BCUT2D eigenvalue weighted by molar-refractivity contribution is 7.12. The van der Waals surface area contributed by atoms with Crippen molar-refractivity contribution in [2.24, 2.45) is 5.92 Å². The largest absolute Gasteiger partial charge is 0.341 e. The van der Waals surface area contributed by atoms with Gasteiger partial charge in [0.15, 0.2) is 0 Å². The fourth-order valence-corrected chi connectivity index (χ4v) is 4.02. The lowest BCUT2D eigenvalue weighted by atomic mass is 9.99. The molecule has 4 nitrogen and oxygen atoms in total. The number of imidazole rings is 1. The Morgan fingerprint density at radius 2 is 2.43 bits per heavy atom. The molecule has 0 saturated carbocycles. The highest BCUT2D eigenvalue weighted by Crippen LogP contribution is 2.22. The van der Waals surface area contributed by atoms with Gasteiger partial charge in [-0.15, -0.1) is 11.3 Å². The molecule has 2 aromatic heterocycles. The lowest BCUT2D eigenvalue weighted by Crippen LogP contribution is -2.35. The summed E-state index contributed by atoms with van der Waals surface area (Å²) in [5.74, 6) is 1.86. The van der Waals surface area contributed by atoms with Crippen molar-refractivity contribution in [3.63, 3.8) is 0 Å². The first-order chi connectivity index (χ1) is 10.2. The fourth-order valence-electron chi connectivity index (χ4n) is 3.03. The first kappa shape index (κ1) is 14.3. The van der Waals surface area contributed by atoms with Gasteiger partial charge >= 0.3 is 0 Å². The summed E-state index contributed by atoms with van der Waals surface area (Å²) in [5, 5.41) is 2.01. The van der Waals surface area contributed by atoms with Gasteiger partial charge in [-0.2, -0.15) is 0 Å². The molecule has 1 aliphatic heterocycles. The third kappa shape index (κ3) is 2.88. The normalized spacial score (nSPS) is 17.5. The van der Waals surface area contributed by atoms with E-state index in [0.29, 0.717) is 5.92 Å². The Kier molecular flexibility index (Phi) is 4.10. The van der Waals surface area contributed by atoms with E-state index in [9.17, 15) is 4.79 Å². The average Bonchev–Trinajstić information content (AvgIpc) is 3.14. The predicted molar refractivity (Wildman–Crippen MR) is 84.7 cm³/mol. The van der Waals surface area contributed by atoms with Crippen LogP contribution in [0.4, 0.5) is 0 Å². The van der Waals surface area contributed by atoms with Crippen molar-refractivity contribution in [2.75, 3.05) is 13.6 Å². The van der Waals surface area contributed by atoms with Crippen molar-refractivity contribution in [3.8, 4) is 0 Å². The molecule has 2 aromatic rings. The number of carbonyl (C=O) groups is 1. The van der Waals surface area contributed by atoms with E-state index in [4.69, 9.17) is 0 Å². The predicted octanol–water partition coefficient (Wildman–Crippen LogP) is 2.84. The third-order valence-electron chi connectivity index (χ3n) is 4.23. The Bertz CT molecular complexity index is 631. The molecule has 21 heavy (non-hydrogen) atoms. The summed E-state index contributed by atoms with van der Waals surface area (Å²) in [7, 11) is 1.92. The molecule has 3 rings (SSSR count). The standard InChI is InChI=1S/C16H21N3OS/c1-3-13-6-9-21-15(13)16(20)18(2)10-12-4-5-14-17-7-8-19(14)11-12/h6-9,12H,3-5,10-11H2,1-2H3. The highest BCUT2D eigenvalue weighted by Gasteiger charge is 2.23. The van der Waals surface area contributed by atoms with Crippen LogP contribution < -0.4 is 0 Å². The monoisotopic (exact) mass is 303 g/mol. The van der Waals surface area contributed by atoms with Crippen LogP contribution in [-0.2, 0) is 19.4 Å². The van der Waals surface area contributed by atoms with Crippen LogP contribution >= 0.6 is 11.3 Å². The van der Waals surface area contributed by atoms with Crippen LogP contribution in [0, 0.1) is 5.92 Å². The van der Waals surface area contributed by atoms with Gasteiger partial charge in [0.05, 0.1) is 4.88 Å². The van der Waals surface area contributed by atoms with Gasteiger partial charge in [0.2, 0.25) is 0 Å². The number of hydrogen-bond donors (Lipinski definition) is 0. The Balaban J connectivity index is 1.64. The van der Waals surface area contributed by atoms with Gasteiger partial charge in [0.1, 0.15) is 5.82 Å². The van der Waals surface area contributed by atoms with Crippen molar-refractivity contribution < 1.29 is 4.79 Å². The van der Waals surface area contributed by atoms with Crippen molar-refractivity contribution in [1.29, 1.82) is 0 Å². The molecule has 0 radical (unpaired) electrons. The summed E-state index contributed by atoms with van der Waals surface area (Å²) in [4.78, 5) is 19.7. The average molecular weight is 303 g/mol. The van der Waals surface area contributed by atoms with Crippen LogP contribution in [0.5, 0.6) is 0 Å². The van der Waals surface area contributed by atoms with E-state index in [1.54, 1.807) is 11.3 Å². The summed E-state index contributed by atoms with van der Waals surface area (Å²) in [5.41, 5.74) is 1.16. The van der Waals surface area contributed by atoms with E-state index in [1.165, 1.54) is 5.82 Å². The molecule has 0 fully saturated rings. The van der Waals surface area contributed by atoms with Crippen LogP contribution in [0.15, 0.2) is 23.8 Å². The number of fused-ring (bicyclic) bond motifs is 1. The second kappa shape index (κ2) is 6.02. The number of amides is 1. The zero-order valence-electron chi connectivity index (χ0n) is 12.6. The zero-order valence-corrected chi connectivity index (χ0v) is 13.4. The zero-order chi connectivity index (χ0) is 14.8. The lowest BCUT2D eigenvalue weighted by Gasteiger charge is -2.28. The second-order valence-corrected chi connectivity index (χ2v) is 6.63. The van der Waals surface area contributed by atoms with Crippen LogP contribution in [-0.4, -0.2) is 34.0 Å². The van der Waals surface area contributed by atoms with Crippen LogP contribution in [0.2, 0.25) is 0 Å². The first-order valence-corrected chi connectivity index (χ1v) is 8.38. The molecule has 0 aromatic carbocycles. The Labute approximate surface area is 129 Å². The maximum absolute atomic E-state index is 12.6. The van der Waals surface area contributed by atoms with E-state index in [0.717, 1.165) is 42.8 Å². The van der Waals surface area contributed by atoms with E-state index in [2.05, 4.69) is 22.5 Å². The summed E-state index contributed by atoms with van der Waals surface area (Å²) >= 11 is 1.56. The van der Waals surface area contributed by atoms with Gasteiger partial charge < -0.3 is 9.47 Å². The van der Waals surface area contributed by atoms with Gasteiger partial charge in [-0.25, -0.2) is 4.98 Å². The molecule has 1 amide bonds. The summed E-state index contributed by atoms with van der Waals surface area (Å²) in [6.45, 7) is 3.88. The maximum Gasteiger partial charge on any atom is 0.263 e. The highest BCUT2D eigenvalue weighted by atomic mass is 32.1. The van der Waals surface area contributed by atoms with Gasteiger partial charge in [-0.1, -0.05) is 6.92 Å². The molecule has 112 valence electrons. The second-order valence-electron chi connectivity index (χ2n) is 5.71. The van der Waals surface area contributed by atoms with Crippen LogP contribution in [0.25, 0.3) is 0 Å². The molecule has 1 aliphatic rings. The van der Waals surface area contributed by atoms with Crippen LogP contribution in [0.3, 0.4) is 0 Å². The molecule has 3 heterocycles. The number of nitrogens with zero attached hydrogens (tertiary/aromatic N) is 3. The third-order valence-corrected chi connectivity index (χ3v) is 5.18. The maximum atomic E-state index is 12.6. The molecule has 5 heteroatoms. The van der Waals surface area contributed by atoms with Crippen molar-refractivity contribution in [3.05, 3.63) is 40.1 Å². The quantitative estimate of drug-likeness (QED) is 0.871. The molecule has 0 aliphatic carbocycles. The lowest BCUT2D eigenvalue weighted by molar-refractivity contribution is 0.0764. The topological polar surface area (TPSA) is 38.1 Å². The SMILES string of the molecule is CCc1ccsc1C(=O)N(C)CC1CCc2nccn2C1. The minimum absolute atomic E-state index is 0.165. The number of carbonyl (C=O) groups excluding carboxylic acids is 1. The van der Waals surface area contributed by atoms with Gasteiger partial charge in [-0.05, 0) is 35.8 Å². The molecule has 1 atom stereocenters. The number of thiophene rings is 1. The van der Waals surface area contributed by atoms with E-state index in [1.807, 2.05) is 29.7 Å². The Morgan fingerprint density at radius 3 is 3.24 bits per heavy atom. The minimum atomic E-state index is 0.165. The van der Waals surface area contributed by atoms with Gasteiger partial charge in [0.25, 0.3) is 5.91 Å². The molecule has 1 unspecified atom stereocenters. The Hall–Kier alpha value is -1.62. The van der Waals surface area contributed by atoms with Gasteiger partial charge in [0, 0.05) is 39.0 Å². The summed E-state index contributed by atoms with van der Waals surface area (Å²) < 4.78 is 2.22. The fraction of sp³-hybridized carbons (Fsp3) is 0.500. The summed E-state index contributed by atoms with van der Waals surface area (Å²) in [6.07, 6.45) is 6.95. The molecule has 0 saturated heterocycles. The number of aromatic nitrogens is 2. The van der Waals surface area contributed by atoms with E-state index < -0.39 is 0 Å². The molecular weight excluding hydrogens is 282 g/mol. The van der Waals surface area contributed by atoms with Gasteiger partial charge in [-0.3, -0.25) is 4.79 Å². The summed E-state index contributed by atoms with van der Waals surface area (Å²) in [6, 6.07) is 2.06. The smallest absolute Gasteiger partial charge is 0.263 e. The number of hydrogen-bond acceptors (Lipinski definition) is 3. The molecular formula is C16H21N3OS. The van der Waals surface area contributed by atoms with Crippen molar-refractivity contribution >= 4 is 17.2 Å². The van der Waals surface area contributed by atoms with E-state index in [-0.39, 0.29) is 5.91 Å². The number of rotatable bonds is 4. The minimum Gasteiger partial charge on any atom is -0.341 e. The van der Waals surface area contributed by atoms with Crippen molar-refractivity contribution in [1.82, 2.24) is 14.5 Å². The molecule has 0 N–H and O–H groups in total. The molecule has 0 spiro atoms. The Morgan fingerprint density at radius 1 is 1.57 bits per heavy atom. The molecule has 0 bridgehead atoms. The van der Waals surface area contributed by atoms with Crippen LogP contribution in [0.1, 0.15) is 34.4 Å². The number of aryl methyl sites for hydroxylation is 2. The van der Waals surface area contributed by atoms with E-state index >= 15 is 0 Å². The van der Waals surface area contributed by atoms with Crippen molar-refractivity contribution in [2.45, 2.75) is 32.7 Å². The first-order valence-electron chi connectivity index (χ1n) is 7.51.